The van der Waals surface area contributed by atoms with Crippen molar-refractivity contribution in [2.45, 2.75) is 44.4 Å². The number of carbonyl (C=O) groups is 2. The van der Waals surface area contributed by atoms with E-state index in [9.17, 15) is 28.0 Å². The first-order valence-electron chi connectivity index (χ1n) is 7.43. The number of fused-ring (bicyclic) bond motifs is 1. The number of halogens is 3. The van der Waals surface area contributed by atoms with Gasteiger partial charge in [-0.2, -0.15) is 18.4 Å². The zero-order chi connectivity index (χ0) is 18.8. The van der Waals surface area contributed by atoms with Crippen molar-refractivity contribution < 1.29 is 27.5 Å². The van der Waals surface area contributed by atoms with Gasteiger partial charge in [0, 0.05) is 11.8 Å². The van der Waals surface area contributed by atoms with Crippen LogP contribution in [0.2, 0.25) is 0 Å². The van der Waals surface area contributed by atoms with E-state index >= 15 is 0 Å². The predicted octanol–water partition coefficient (Wildman–Crippen LogP) is 2.48. The van der Waals surface area contributed by atoms with Gasteiger partial charge in [-0.15, -0.1) is 11.3 Å². The third kappa shape index (κ3) is 3.42. The Labute approximate surface area is 146 Å². The fourth-order valence-corrected chi connectivity index (χ4v) is 4.05. The molecule has 0 saturated heterocycles. The van der Waals surface area contributed by atoms with Gasteiger partial charge in [0.1, 0.15) is 11.1 Å². The molecule has 1 atom stereocenters. The Balaban J connectivity index is 2.57. The smallest absolute Gasteiger partial charge is 0.441 e. The molecule has 136 valence electrons. The Morgan fingerprint density at radius 3 is 2.44 bits per heavy atom. The minimum atomic E-state index is -5.19. The van der Waals surface area contributed by atoms with Gasteiger partial charge in [-0.05, 0) is 31.2 Å². The van der Waals surface area contributed by atoms with Crippen molar-refractivity contribution >= 4 is 28.2 Å². The van der Waals surface area contributed by atoms with Crippen LogP contribution in [0.1, 0.15) is 35.8 Å². The van der Waals surface area contributed by atoms with Crippen molar-refractivity contribution in [3.8, 4) is 6.07 Å². The number of methoxy groups -OCH3 is 1. The SMILES string of the molecule is COC(=O)[C@](NC(C)=O)(Nc1sc2c(c1C#N)CCCC2)C(F)(F)F. The molecule has 1 heterocycles. The van der Waals surface area contributed by atoms with Crippen LogP contribution in [0.5, 0.6) is 0 Å². The molecule has 0 saturated carbocycles. The number of nitrogens with one attached hydrogen (secondary N) is 2. The van der Waals surface area contributed by atoms with Crippen molar-refractivity contribution in [1.82, 2.24) is 5.32 Å². The Kier molecular flexibility index (Phi) is 5.27. The van der Waals surface area contributed by atoms with Gasteiger partial charge in [0.25, 0.3) is 0 Å². The fraction of sp³-hybridized carbons (Fsp3) is 0.533. The molecule has 2 rings (SSSR count). The van der Waals surface area contributed by atoms with E-state index in [1.54, 1.807) is 5.32 Å². The summed E-state index contributed by atoms with van der Waals surface area (Å²) in [4.78, 5) is 24.1. The Bertz CT molecular complexity index is 739. The lowest BCUT2D eigenvalue weighted by atomic mass is 9.96. The first-order valence-corrected chi connectivity index (χ1v) is 8.24. The molecule has 6 nitrogen and oxygen atoms in total. The van der Waals surface area contributed by atoms with Crippen LogP contribution < -0.4 is 10.6 Å². The van der Waals surface area contributed by atoms with E-state index in [1.165, 1.54) is 0 Å². The molecule has 2 N–H and O–H groups in total. The number of carbonyl (C=O) groups excluding carboxylic acids is 2. The van der Waals surface area contributed by atoms with Crippen LogP contribution >= 0.6 is 11.3 Å². The van der Waals surface area contributed by atoms with Crippen LogP contribution in [0.25, 0.3) is 0 Å². The summed E-state index contributed by atoms with van der Waals surface area (Å²) in [6.07, 6.45) is -2.22. The number of nitrogens with zero attached hydrogens (tertiary/aromatic N) is 1. The topological polar surface area (TPSA) is 91.2 Å². The van der Waals surface area contributed by atoms with Crippen molar-refractivity contribution in [3.05, 3.63) is 16.0 Å². The molecule has 0 unspecified atom stereocenters. The average molecular weight is 375 g/mol. The maximum atomic E-state index is 13.7. The summed E-state index contributed by atoms with van der Waals surface area (Å²) in [7, 11) is 0.789. The molecular formula is C15H16F3N3O3S. The molecule has 10 heteroatoms. The maximum absolute atomic E-state index is 13.7. The molecule has 1 amide bonds. The fourth-order valence-electron chi connectivity index (χ4n) is 2.75. The van der Waals surface area contributed by atoms with E-state index in [4.69, 9.17) is 0 Å². The van der Waals surface area contributed by atoms with Gasteiger partial charge >= 0.3 is 17.8 Å². The monoisotopic (exact) mass is 375 g/mol. The highest BCUT2D eigenvalue weighted by atomic mass is 32.1. The lowest BCUT2D eigenvalue weighted by molar-refractivity contribution is -0.206. The number of anilines is 1. The number of nitriles is 1. The quantitative estimate of drug-likeness (QED) is 0.623. The minimum absolute atomic E-state index is 0.0718. The molecule has 25 heavy (non-hydrogen) atoms. The second kappa shape index (κ2) is 6.92. The molecular weight excluding hydrogens is 359 g/mol. The maximum Gasteiger partial charge on any atom is 0.441 e. The highest BCUT2D eigenvalue weighted by molar-refractivity contribution is 7.16. The van der Waals surface area contributed by atoms with E-state index in [0.29, 0.717) is 18.4 Å². The molecule has 0 aromatic carbocycles. The molecule has 0 aliphatic heterocycles. The predicted molar refractivity (Wildman–Crippen MR) is 83.9 cm³/mol. The second-order valence-corrected chi connectivity index (χ2v) is 6.68. The Morgan fingerprint density at radius 2 is 1.92 bits per heavy atom. The molecule has 0 spiro atoms. The number of aryl methyl sites for hydroxylation is 1. The lowest BCUT2D eigenvalue weighted by Crippen LogP contribution is -2.69. The highest BCUT2D eigenvalue weighted by Crippen LogP contribution is 2.41. The lowest BCUT2D eigenvalue weighted by Gasteiger charge is -2.34. The Hall–Kier alpha value is -2.28. The van der Waals surface area contributed by atoms with Crippen molar-refractivity contribution in [2.75, 3.05) is 12.4 Å². The molecule has 1 aromatic heterocycles. The third-order valence-corrected chi connectivity index (χ3v) is 5.07. The second-order valence-electron chi connectivity index (χ2n) is 5.57. The van der Waals surface area contributed by atoms with Gasteiger partial charge in [0.2, 0.25) is 5.91 Å². The van der Waals surface area contributed by atoms with Crippen molar-refractivity contribution in [2.24, 2.45) is 0 Å². The number of rotatable bonds is 4. The van der Waals surface area contributed by atoms with Gasteiger partial charge in [0.05, 0.1) is 12.7 Å². The van der Waals surface area contributed by atoms with Crippen LogP contribution in [0.3, 0.4) is 0 Å². The number of ether oxygens (including phenoxy) is 1. The summed E-state index contributed by atoms with van der Waals surface area (Å²) in [6, 6.07) is 1.90. The van der Waals surface area contributed by atoms with Crippen molar-refractivity contribution in [1.29, 1.82) is 5.26 Å². The van der Waals surface area contributed by atoms with Gasteiger partial charge in [-0.3, -0.25) is 4.79 Å². The van der Waals surface area contributed by atoms with E-state index < -0.39 is 23.7 Å². The summed E-state index contributed by atoms with van der Waals surface area (Å²) in [5, 5.41) is 12.9. The normalized spacial score (nSPS) is 16.2. The summed E-state index contributed by atoms with van der Waals surface area (Å²) in [5.41, 5.74) is -2.69. The Morgan fingerprint density at radius 1 is 1.28 bits per heavy atom. The summed E-state index contributed by atoms with van der Waals surface area (Å²) >= 11 is 0.992. The first kappa shape index (κ1) is 19.1. The summed E-state index contributed by atoms with van der Waals surface area (Å²) < 4.78 is 45.4. The van der Waals surface area contributed by atoms with Gasteiger partial charge < -0.3 is 15.4 Å². The van der Waals surface area contributed by atoms with Gasteiger partial charge in [-0.1, -0.05) is 0 Å². The molecule has 1 aromatic rings. The largest absolute Gasteiger partial charge is 0.466 e. The highest BCUT2D eigenvalue weighted by Gasteiger charge is 2.63. The van der Waals surface area contributed by atoms with Gasteiger partial charge in [0.15, 0.2) is 0 Å². The van der Waals surface area contributed by atoms with E-state index in [-0.39, 0.29) is 10.6 Å². The molecule has 0 fully saturated rings. The molecule has 1 aliphatic carbocycles. The molecule has 0 bridgehead atoms. The number of hydrogen-bond donors (Lipinski definition) is 2. The van der Waals surface area contributed by atoms with E-state index in [0.717, 1.165) is 43.1 Å². The number of alkyl halides is 3. The summed E-state index contributed by atoms with van der Waals surface area (Å²) in [6.45, 7) is 0.857. The summed E-state index contributed by atoms with van der Waals surface area (Å²) in [5.74, 6) is -2.79. The standard InChI is InChI=1S/C15H16F3N3O3S/c1-8(22)20-14(13(23)24-2,15(16,17)18)21-12-10(7-19)9-5-3-4-6-11(9)25-12/h21H,3-6H2,1-2H3,(H,20,22)/t14-/m0/s1. The number of thiophene rings is 1. The number of hydrogen-bond acceptors (Lipinski definition) is 6. The molecule has 0 radical (unpaired) electrons. The zero-order valence-corrected chi connectivity index (χ0v) is 14.4. The van der Waals surface area contributed by atoms with Gasteiger partial charge in [-0.25, -0.2) is 4.79 Å². The average Bonchev–Trinajstić information content (AvgIpc) is 2.88. The van der Waals surface area contributed by atoms with Crippen molar-refractivity contribution in [3.63, 3.8) is 0 Å². The third-order valence-electron chi connectivity index (χ3n) is 3.86. The van der Waals surface area contributed by atoms with Crippen LogP contribution in [0.15, 0.2) is 0 Å². The molecule has 1 aliphatic rings. The first-order chi connectivity index (χ1) is 11.7. The van der Waals surface area contributed by atoms with Crippen LogP contribution in [-0.2, 0) is 27.2 Å². The number of esters is 1. The van der Waals surface area contributed by atoms with E-state index in [1.807, 2.05) is 6.07 Å². The van der Waals surface area contributed by atoms with Crippen LogP contribution in [0.4, 0.5) is 18.2 Å². The zero-order valence-electron chi connectivity index (χ0n) is 13.5. The van der Waals surface area contributed by atoms with Crippen LogP contribution in [-0.4, -0.2) is 30.8 Å². The number of amides is 1. The van der Waals surface area contributed by atoms with E-state index in [2.05, 4.69) is 10.1 Å². The van der Waals surface area contributed by atoms with Crippen LogP contribution in [0, 0.1) is 11.3 Å². The minimum Gasteiger partial charge on any atom is -0.466 e.